The van der Waals surface area contributed by atoms with Gasteiger partial charge in [0.05, 0.1) is 31.1 Å². The molecule has 0 bridgehead atoms. The van der Waals surface area contributed by atoms with Gasteiger partial charge in [0.1, 0.15) is 6.10 Å². The first-order valence-corrected chi connectivity index (χ1v) is 9.89. The molecule has 0 aromatic carbocycles. The molecule has 2 aromatic rings. The fourth-order valence-corrected chi connectivity index (χ4v) is 3.85. The summed E-state index contributed by atoms with van der Waals surface area (Å²) in [5.41, 5.74) is 1.71. The summed E-state index contributed by atoms with van der Waals surface area (Å²) in [5.74, 6) is 0.741. The van der Waals surface area contributed by atoms with Gasteiger partial charge in [0.25, 0.3) is 0 Å². The molecule has 0 saturated carbocycles. The van der Waals surface area contributed by atoms with Crippen molar-refractivity contribution in [1.29, 1.82) is 0 Å². The molecule has 160 valence electrons. The quantitative estimate of drug-likeness (QED) is 0.718. The minimum atomic E-state index is -0.548. The second kappa shape index (κ2) is 8.27. The van der Waals surface area contributed by atoms with Crippen LogP contribution in [0.3, 0.4) is 0 Å². The predicted octanol–water partition coefficient (Wildman–Crippen LogP) is 1.40. The summed E-state index contributed by atoms with van der Waals surface area (Å²) in [4.78, 5) is 34.6. The second-order valence-corrected chi connectivity index (χ2v) is 7.25. The average Bonchev–Trinajstić information content (AvgIpc) is 3.41. The van der Waals surface area contributed by atoms with E-state index in [0.29, 0.717) is 37.7 Å². The van der Waals surface area contributed by atoms with Crippen LogP contribution >= 0.6 is 0 Å². The third-order valence-corrected chi connectivity index (χ3v) is 5.46. The summed E-state index contributed by atoms with van der Waals surface area (Å²) in [7, 11) is 2.92. The topological polar surface area (TPSA) is 124 Å². The SMILES string of the molecule is CNC(=O)Nc1cc2n(n1)CCN(c1nccc(C3CCC(C(=O)OC)O3)n1)C2C. The van der Waals surface area contributed by atoms with Crippen LogP contribution in [0, 0.1) is 0 Å². The van der Waals surface area contributed by atoms with E-state index < -0.39 is 6.10 Å². The Morgan fingerprint density at radius 1 is 1.30 bits per heavy atom. The van der Waals surface area contributed by atoms with Crippen LogP contribution in [0.15, 0.2) is 18.3 Å². The summed E-state index contributed by atoms with van der Waals surface area (Å²) in [6.45, 7) is 3.37. The molecule has 3 unspecified atom stereocenters. The van der Waals surface area contributed by atoms with E-state index in [2.05, 4.69) is 25.6 Å². The predicted molar refractivity (Wildman–Crippen MR) is 107 cm³/mol. The molecular weight excluding hydrogens is 390 g/mol. The van der Waals surface area contributed by atoms with E-state index in [4.69, 9.17) is 14.5 Å². The van der Waals surface area contributed by atoms with Crippen LogP contribution in [-0.4, -0.2) is 58.6 Å². The Bertz CT molecular complexity index is 947. The van der Waals surface area contributed by atoms with Crippen LogP contribution in [0.5, 0.6) is 0 Å². The van der Waals surface area contributed by atoms with Gasteiger partial charge in [0, 0.05) is 25.9 Å². The minimum absolute atomic E-state index is 0.0333. The smallest absolute Gasteiger partial charge is 0.335 e. The number of fused-ring (bicyclic) bond motifs is 1. The highest BCUT2D eigenvalue weighted by molar-refractivity contribution is 5.88. The number of urea groups is 1. The lowest BCUT2D eigenvalue weighted by Crippen LogP contribution is -2.38. The standard InChI is InChI=1S/C19H25N7O4/c1-11-13-10-16(23-19(28)20-2)24-26(13)9-8-25(11)18-21-7-6-12(22-18)14-4-5-15(30-14)17(27)29-3/h6-7,10-11,14-15H,4-5,8-9H2,1-3H3,(H2,20,23,24,28). The number of aromatic nitrogens is 4. The van der Waals surface area contributed by atoms with Crippen LogP contribution in [0.25, 0.3) is 0 Å². The minimum Gasteiger partial charge on any atom is -0.467 e. The normalized spacial score (nSPS) is 23.0. The first-order chi connectivity index (χ1) is 14.5. The van der Waals surface area contributed by atoms with E-state index in [1.54, 1.807) is 13.2 Å². The van der Waals surface area contributed by atoms with Crippen LogP contribution in [-0.2, 0) is 20.8 Å². The van der Waals surface area contributed by atoms with Gasteiger partial charge >= 0.3 is 12.0 Å². The average molecular weight is 415 g/mol. The van der Waals surface area contributed by atoms with E-state index in [1.807, 2.05) is 23.7 Å². The van der Waals surface area contributed by atoms with Crippen molar-refractivity contribution in [2.45, 2.75) is 44.6 Å². The Morgan fingerprint density at radius 3 is 2.90 bits per heavy atom. The molecule has 2 aliphatic rings. The maximum absolute atomic E-state index is 11.7. The van der Waals surface area contributed by atoms with Crippen molar-refractivity contribution in [1.82, 2.24) is 25.1 Å². The number of carbonyl (C=O) groups is 2. The second-order valence-electron chi connectivity index (χ2n) is 7.25. The summed E-state index contributed by atoms with van der Waals surface area (Å²) < 4.78 is 12.5. The van der Waals surface area contributed by atoms with Gasteiger partial charge in [0.2, 0.25) is 5.95 Å². The molecule has 2 amide bonds. The monoisotopic (exact) mass is 415 g/mol. The molecule has 2 N–H and O–H groups in total. The molecule has 1 saturated heterocycles. The molecule has 1 fully saturated rings. The van der Waals surface area contributed by atoms with Crippen LogP contribution < -0.4 is 15.5 Å². The lowest BCUT2D eigenvalue weighted by molar-refractivity contribution is -0.153. The highest BCUT2D eigenvalue weighted by Gasteiger charge is 2.34. The van der Waals surface area contributed by atoms with E-state index in [1.165, 1.54) is 7.11 Å². The zero-order valence-corrected chi connectivity index (χ0v) is 17.2. The van der Waals surface area contributed by atoms with Gasteiger partial charge in [0.15, 0.2) is 11.9 Å². The number of nitrogens with one attached hydrogen (secondary N) is 2. The molecule has 3 atom stereocenters. The zero-order chi connectivity index (χ0) is 21.3. The van der Waals surface area contributed by atoms with Crippen molar-refractivity contribution in [2.24, 2.45) is 0 Å². The van der Waals surface area contributed by atoms with Gasteiger partial charge in [-0.15, -0.1) is 0 Å². The third-order valence-electron chi connectivity index (χ3n) is 5.46. The molecule has 0 spiro atoms. The highest BCUT2D eigenvalue weighted by atomic mass is 16.6. The number of ether oxygens (including phenoxy) is 2. The van der Waals surface area contributed by atoms with Crippen LogP contribution in [0.1, 0.15) is 43.3 Å². The van der Waals surface area contributed by atoms with Crippen molar-refractivity contribution in [2.75, 3.05) is 30.9 Å². The summed E-state index contributed by atoms with van der Waals surface area (Å²) in [6.07, 6.45) is 2.21. The molecule has 4 rings (SSSR count). The number of esters is 1. The molecule has 11 nitrogen and oxygen atoms in total. The van der Waals surface area contributed by atoms with Gasteiger partial charge < -0.3 is 19.7 Å². The number of nitrogens with zero attached hydrogens (tertiary/aromatic N) is 5. The number of carbonyl (C=O) groups excluding carboxylic acids is 2. The van der Waals surface area contributed by atoms with Crippen molar-refractivity contribution in [3.8, 4) is 0 Å². The van der Waals surface area contributed by atoms with Crippen molar-refractivity contribution in [3.05, 3.63) is 29.7 Å². The van der Waals surface area contributed by atoms with E-state index in [-0.39, 0.29) is 24.1 Å². The molecular formula is C19H25N7O4. The Kier molecular flexibility index (Phi) is 5.53. The molecule has 0 radical (unpaired) electrons. The van der Waals surface area contributed by atoms with Crippen molar-refractivity contribution < 1.29 is 19.1 Å². The Hall–Kier alpha value is -3.21. The maximum Gasteiger partial charge on any atom is 0.335 e. The van der Waals surface area contributed by atoms with Crippen molar-refractivity contribution >= 4 is 23.8 Å². The van der Waals surface area contributed by atoms with E-state index in [9.17, 15) is 9.59 Å². The van der Waals surface area contributed by atoms with Crippen LogP contribution in [0.4, 0.5) is 16.6 Å². The molecule has 11 heteroatoms. The maximum atomic E-state index is 11.7. The number of methoxy groups -OCH3 is 1. The summed E-state index contributed by atoms with van der Waals surface area (Å²) in [6, 6.07) is 3.33. The highest BCUT2D eigenvalue weighted by Crippen LogP contribution is 2.34. The number of hydrogen-bond donors (Lipinski definition) is 2. The van der Waals surface area contributed by atoms with Crippen molar-refractivity contribution in [3.63, 3.8) is 0 Å². The third kappa shape index (κ3) is 3.80. The summed E-state index contributed by atoms with van der Waals surface area (Å²) in [5, 5.41) is 9.66. The fraction of sp³-hybridized carbons (Fsp3) is 0.526. The lowest BCUT2D eigenvalue weighted by Gasteiger charge is -2.34. The first kappa shape index (κ1) is 20.1. The van der Waals surface area contributed by atoms with Gasteiger partial charge in [-0.05, 0) is 25.8 Å². The van der Waals surface area contributed by atoms with E-state index >= 15 is 0 Å². The van der Waals surface area contributed by atoms with Gasteiger partial charge in [-0.3, -0.25) is 10.00 Å². The Balaban J connectivity index is 1.51. The van der Waals surface area contributed by atoms with Gasteiger partial charge in [-0.2, -0.15) is 5.10 Å². The first-order valence-electron chi connectivity index (χ1n) is 9.89. The van der Waals surface area contributed by atoms with Gasteiger partial charge in [-0.25, -0.2) is 19.6 Å². The van der Waals surface area contributed by atoms with Gasteiger partial charge in [-0.1, -0.05) is 0 Å². The number of hydrogen-bond acceptors (Lipinski definition) is 8. The fourth-order valence-electron chi connectivity index (χ4n) is 3.85. The van der Waals surface area contributed by atoms with E-state index in [0.717, 1.165) is 11.4 Å². The molecule has 2 aliphatic heterocycles. The summed E-state index contributed by atoms with van der Waals surface area (Å²) >= 11 is 0. The molecule has 4 heterocycles. The number of anilines is 2. The van der Waals surface area contributed by atoms with Crippen LogP contribution in [0.2, 0.25) is 0 Å². The Labute approximate surface area is 173 Å². The zero-order valence-electron chi connectivity index (χ0n) is 17.2. The molecule has 30 heavy (non-hydrogen) atoms. The Morgan fingerprint density at radius 2 is 2.13 bits per heavy atom. The molecule has 2 aromatic heterocycles. The lowest BCUT2D eigenvalue weighted by atomic mass is 10.1. The molecule has 0 aliphatic carbocycles. The number of amides is 2. The largest absolute Gasteiger partial charge is 0.467 e. The number of rotatable bonds is 4.